The summed E-state index contributed by atoms with van der Waals surface area (Å²) in [6.45, 7) is 2.61. The number of carbonyl (C=O) groups excluding carboxylic acids is 2. The molecule has 0 radical (unpaired) electrons. The number of pyridine rings is 1. The van der Waals surface area contributed by atoms with Crippen LogP contribution in [-0.4, -0.2) is 54.1 Å². The van der Waals surface area contributed by atoms with Crippen LogP contribution >= 0.6 is 0 Å². The van der Waals surface area contributed by atoms with Crippen LogP contribution in [-0.2, 0) is 14.3 Å². The Bertz CT molecular complexity index is 939. The van der Waals surface area contributed by atoms with Crippen LogP contribution < -0.4 is 4.74 Å². The highest BCUT2D eigenvalue weighted by Crippen LogP contribution is 2.40. The van der Waals surface area contributed by atoms with E-state index in [1.807, 2.05) is 6.92 Å². The number of benzene rings is 1. The second-order valence-electron chi connectivity index (χ2n) is 6.80. The average Bonchev–Trinajstić information content (AvgIpc) is 2.99. The van der Waals surface area contributed by atoms with Gasteiger partial charge in [-0.05, 0) is 54.8 Å². The molecule has 152 valence electrons. The first-order valence-corrected chi connectivity index (χ1v) is 9.31. The van der Waals surface area contributed by atoms with Gasteiger partial charge in [-0.1, -0.05) is 0 Å². The molecule has 1 aromatic heterocycles. The molecule has 3 rings (SSSR count). The fraction of sp³-hybridized carbons (Fsp3) is 0.318. The third-order valence-corrected chi connectivity index (χ3v) is 5.00. The number of likely N-dealkylation sites (tertiary alicyclic amines) is 1. The summed E-state index contributed by atoms with van der Waals surface area (Å²) < 4.78 is 10.3. The van der Waals surface area contributed by atoms with E-state index >= 15 is 0 Å². The second-order valence-corrected chi connectivity index (χ2v) is 6.80. The molecule has 7 heteroatoms. The van der Waals surface area contributed by atoms with E-state index in [9.17, 15) is 14.7 Å². The first kappa shape index (κ1) is 20.5. The molecule has 1 saturated heterocycles. The highest BCUT2D eigenvalue weighted by molar-refractivity contribution is 6.46. The Labute approximate surface area is 169 Å². The lowest BCUT2D eigenvalue weighted by atomic mass is 9.94. The molecule has 0 unspecified atom stereocenters. The van der Waals surface area contributed by atoms with E-state index in [1.165, 1.54) is 4.90 Å². The molecule has 2 heterocycles. The van der Waals surface area contributed by atoms with Crippen LogP contribution in [0.1, 0.15) is 29.2 Å². The summed E-state index contributed by atoms with van der Waals surface area (Å²) in [6.07, 6.45) is 3.78. The van der Waals surface area contributed by atoms with Crippen LogP contribution in [0.15, 0.2) is 48.3 Å². The van der Waals surface area contributed by atoms with Gasteiger partial charge in [-0.15, -0.1) is 0 Å². The van der Waals surface area contributed by atoms with Crippen LogP contribution in [0.25, 0.3) is 5.76 Å². The molecule has 1 atom stereocenters. The number of aliphatic hydroxyl groups excluding tert-OH is 1. The Balaban J connectivity index is 2.12. The number of hydrogen-bond acceptors (Lipinski definition) is 6. The SMILES string of the molecule is COCCCN1C(=O)C(=O)/C(=C(/O)c2ccc(OC)cc2C)[C@H]1c1ccncc1. The van der Waals surface area contributed by atoms with E-state index in [4.69, 9.17) is 9.47 Å². The van der Waals surface area contributed by atoms with Crippen molar-refractivity contribution in [2.24, 2.45) is 0 Å². The average molecular weight is 396 g/mol. The number of aromatic nitrogens is 1. The molecule has 1 aliphatic heterocycles. The van der Waals surface area contributed by atoms with Gasteiger partial charge in [0.05, 0.1) is 18.7 Å². The summed E-state index contributed by atoms with van der Waals surface area (Å²) in [5, 5.41) is 11.1. The fourth-order valence-corrected chi connectivity index (χ4v) is 3.56. The predicted octanol–water partition coefficient (Wildman–Crippen LogP) is 2.86. The molecule has 1 N–H and O–H groups in total. The van der Waals surface area contributed by atoms with E-state index in [0.717, 1.165) is 5.56 Å². The summed E-state index contributed by atoms with van der Waals surface area (Å²) in [7, 11) is 3.14. The van der Waals surface area contributed by atoms with Gasteiger partial charge in [0.2, 0.25) is 0 Å². The van der Waals surface area contributed by atoms with Gasteiger partial charge >= 0.3 is 0 Å². The van der Waals surface area contributed by atoms with Gasteiger partial charge in [0.1, 0.15) is 11.5 Å². The first-order chi connectivity index (χ1) is 14.0. The Morgan fingerprint density at radius 2 is 1.90 bits per heavy atom. The smallest absolute Gasteiger partial charge is 0.295 e. The second kappa shape index (κ2) is 8.87. The number of ketones is 1. The lowest BCUT2D eigenvalue weighted by molar-refractivity contribution is -0.140. The molecule has 0 aliphatic carbocycles. The van der Waals surface area contributed by atoms with E-state index < -0.39 is 17.7 Å². The van der Waals surface area contributed by atoms with Gasteiger partial charge in [-0.3, -0.25) is 14.6 Å². The maximum Gasteiger partial charge on any atom is 0.295 e. The molecular weight excluding hydrogens is 372 g/mol. The van der Waals surface area contributed by atoms with Gasteiger partial charge in [0.25, 0.3) is 11.7 Å². The molecule has 0 spiro atoms. The number of aryl methyl sites for hydroxylation is 1. The number of ether oxygens (including phenoxy) is 2. The quantitative estimate of drug-likeness (QED) is 0.335. The van der Waals surface area contributed by atoms with Crippen molar-refractivity contribution in [3.63, 3.8) is 0 Å². The number of hydrogen-bond donors (Lipinski definition) is 1. The molecule has 1 aromatic carbocycles. The third-order valence-electron chi connectivity index (χ3n) is 5.00. The summed E-state index contributed by atoms with van der Waals surface area (Å²) >= 11 is 0. The van der Waals surface area contributed by atoms with Crippen LogP contribution in [0.4, 0.5) is 0 Å². The molecule has 0 saturated carbocycles. The number of amides is 1. The van der Waals surface area contributed by atoms with Gasteiger partial charge < -0.3 is 19.5 Å². The zero-order chi connectivity index (χ0) is 21.0. The van der Waals surface area contributed by atoms with Gasteiger partial charge in [0.15, 0.2) is 0 Å². The number of aliphatic hydroxyl groups is 1. The van der Waals surface area contributed by atoms with Crippen molar-refractivity contribution in [3.05, 3.63) is 65.0 Å². The summed E-state index contributed by atoms with van der Waals surface area (Å²) in [5.41, 5.74) is 2.01. The molecule has 1 aliphatic rings. The summed E-state index contributed by atoms with van der Waals surface area (Å²) in [6, 6.07) is 7.97. The van der Waals surface area contributed by atoms with Crippen LogP contribution in [0, 0.1) is 6.92 Å². The van der Waals surface area contributed by atoms with Crippen molar-refractivity contribution in [3.8, 4) is 5.75 Å². The number of Topliss-reactive ketones (excluding diaryl/α,β-unsaturated/α-hetero) is 1. The Morgan fingerprint density at radius 3 is 2.52 bits per heavy atom. The zero-order valence-electron chi connectivity index (χ0n) is 16.7. The lowest BCUT2D eigenvalue weighted by Gasteiger charge is -2.25. The third kappa shape index (κ3) is 4.00. The summed E-state index contributed by atoms with van der Waals surface area (Å²) in [5.74, 6) is -0.878. The standard InChI is InChI=1S/C22H24N2O5/c1-14-13-16(29-3)5-6-17(14)20(25)18-19(15-7-9-23-10-8-15)24(11-4-12-28-2)22(27)21(18)26/h5-10,13,19,25H,4,11-12H2,1-3H3/b20-18+/t19-/m1/s1. The minimum absolute atomic E-state index is 0.0758. The first-order valence-electron chi connectivity index (χ1n) is 9.31. The highest BCUT2D eigenvalue weighted by Gasteiger charge is 2.45. The monoisotopic (exact) mass is 396 g/mol. The van der Waals surface area contributed by atoms with Crippen molar-refractivity contribution in [1.29, 1.82) is 0 Å². The van der Waals surface area contributed by atoms with Gasteiger partial charge in [0, 0.05) is 38.2 Å². The van der Waals surface area contributed by atoms with Crippen molar-refractivity contribution in [2.45, 2.75) is 19.4 Å². The molecular formula is C22H24N2O5. The minimum Gasteiger partial charge on any atom is -0.507 e. The predicted molar refractivity (Wildman–Crippen MR) is 107 cm³/mol. The Morgan fingerprint density at radius 1 is 1.17 bits per heavy atom. The minimum atomic E-state index is -0.697. The van der Waals surface area contributed by atoms with Crippen molar-refractivity contribution >= 4 is 17.4 Å². The van der Waals surface area contributed by atoms with Crippen molar-refractivity contribution < 1.29 is 24.2 Å². The van der Waals surface area contributed by atoms with Crippen LogP contribution in [0.3, 0.4) is 0 Å². The molecule has 1 fully saturated rings. The molecule has 0 bridgehead atoms. The number of carbonyl (C=O) groups is 2. The van der Waals surface area contributed by atoms with Crippen LogP contribution in [0.2, 0.25) is 0 Å². The topological polar surface area (TPSA) is 89.0 Å². The Kier molecular flexibility index (Phi) is 6.29. The number of nitrogens with zero attached hydrogens (tertiary/aromatic N) is 2. The van der Waals surface area contributed by atoms with Crippen molar-refractivity contribution in [2.75, 3.05) is 27.4 Å². The lowest BCUT2D eigenvalue weighted by Crippen LogP contribution is -2.31. The van der Waals surface area contributed by atoms with Crippen molar-refractivity contribution in [1.82, 2.24) is 9.88 Å². The van der Waals surface area contributed by atoms with E-state index in [1.54, 1.807) is 56.9 Å². The maximum absolute atomic E-state index is 12.9. The zero-order valence-corrected chi connectivity index (χ0v) is 16.7. The fourth-order valence-electron chi connectivity index (χ4n) is 3.56. The molecule has 2 aromatic rings. The van der Waals surface area contributed by atoms with E-state index in [2.05, 4.69) is 4.98 Å². The molecule has 7 nitrogen and oxygen atoms in total. The van der Waals surface area contributed by atoms with Gasteiger partial charge in [-0.25, -0.2) is 0 Å². The van der Waals surface area contributed by atoms with Crippen LogP contribution in [0.5, 0.6) is 5.75 Å². The van der Waals surface area contributed by atoms with Gasteiger partial charge in [-0.2, -0.15) is 0 Å². The van der Waals surface area contributed by atoms with E-state index in [0.29, 0.717) is 36.4 Å². The molecule has 29 heavy (non-hydrogen) atoms. The summed E-state index contributed by atoms with van der Waals surface area (Å²) in [4.78, 5) is 31.2. The number of rotatable bonds is 7. The number of methoxy groups -OCH3 is 2. The molecule has 1 amide bonds. The maximum atomic E-state index is 12.9. The highest BCUT2D eigenvalue weighted by atomic mass is 16.5. The van der Waals surface area contributed by atoms with E-state index in [-0.39, 0.29) is 11.3 Å². The normalized spacial score (nSPS) is 18.3. The largest absolute Gasteiger partial charge is 0.507 e. The Hall–Kier alpha value is -3.19.